The number of carbonyl (C=O) groups is 1. The van der Waals surface area contributed by atoms with Crippen molar-refractivity contribution in [1.29, 1.82) is 0 Å². The van der Waals surface area contributed by atoms with Crippen molar-refractivity contribution in [1.82, 2.24) is 20.5 Å². The molecule has 1 aromatic heterocycles. The van der Waals surface area contributed by atoms with Crippen LogP contribution in [0.25, 0.3) is 0 Å². The number of nitrogens with one attached hydrogen (secondary N) is 2. The summed E-state index contributed by atoms with van der Waals surface area (Å²) in [4.78, 5) is 16.0. The Morgan fingerprint density at radius 3 is 3.05 bits per heavy atom. The number of hydrogen-bond acceptors (Lipinski definition) is 5. The molecule has 0 atom stereocenters. The summed E-state index contributed by atoms with van der Waals surface area (Å²) < 4.78 is 5.40. The average molecular weight is 261 g/mol. The third-order valence-corrected chi connectivity index (χ3v) is 2.46. The van der Waals surface area contributed by atoms with Gasteiger partial charge in [0.05, 0.1) is 24.4 Å². The number of nitrogen functional groups attached to an aromatic ring is 1. The molecule has 0 fully saturated rings. The maximum absolute atomic E-state index is 12.1. The number of benzene rings is 1. The van der Waals surface area contributed by atoms with Crippen molar-refractivity contribution in [2.45, 2.75) is 13.5 Å². The number of aromatic nitrogens is 3. The normalized spacial score (nSPS) is 10.2. The van der Waals surface area contributed by atoms with Gasteiger partial charge in [-0.05, 0) is 19.1 Å². The van der Waals surface area contributed by atoms with E-state index < -0.39 is 0 Å². The molecule has 7 nitrogen and oxygen atoms in total. The summed E-state index contributed by atoms with van der Waals surface area (Å²) in [5.74, 6) is 0.711. The van der Waals surface area contributed by atoms with Crippen LogP contribution in [0.4, 0.5) is 5.69 Å². The Morgan fingerprint density at radius 1 is 1.53 bits per heavy atom. The van der Waals surface area contributed by atoms with Crippen LogP contribution < -0.4 is 15.8 Å². The first-order chi connectivity index (χ1) is 9.22. The lowest BCUT2D eigenvalue weighted by Gasteiger charge is -2.12. The van der Waals surface area contributed by atoms with Gasteiger partial charge in [0.25, 0.3) is 5.91 Å². The first-order valence-electron chi connectivity index (χ1n) is 5.86. The fourth-order valence-corrected chi connectivity index (χ4v) is 1.61. The van der Waals surface area contributed by atoms with Gasteiger partial charge in [0.15, 0.2) is 5.75 Å². The molecule has 0 saturated heterocycles. The van der Waals surface area contributed by atoms with E-state index in [1.165, 1.54) is 6.33 Å². The van der Waals surface area contributed by atoms with Gasteiger partial charge in [-0.25, -0.2) is 4.98 Å². The number of nitrogens with two attached hydrogens (primary N) is 1. The molecule has 0 unspecified atom stereocenters. The number of nitrogens with zero attached hydrogens (tertiary/aromatic N) is 2. The number of para-hydroxylation sites is 1. The highest BCUT2D eigenvalue weighted by molar-refractivity contribution is 5.98. The molecule has 0 aliphatic rings. The van der Waals surface area contributed by atoms with Gasteiger partial charge in [0.1, 0.15) is 12.2 Å². The predicted molar refractivity (Wildman–Crippen MR) is 69.6 cm³/mol. The van der Waals surface area contributed by atoms with Crippen molar-refractivity contribution in [3.63, 3.8) is 0 Å². The maximum Gasteiger partial charge on any atom is 0.255 e. The zero-order valence-corrected chi connectivity index (χ0v) is 10.5. The van der Waals surface area contributed by atoms with E-state index in [-0.39, 0.29) is 12.5 Å². The Balaban J connectivity index is 2.12. The molecule has 0 aliphatic carbocycles. The van der Waals surface area contributed by atoms with Crippen molar-refractivity contribution < 1.29 is 9.53 Å². The number of amides is 1. The molecule has 100 valence electrons. The molecule has 0 bridgehead atoms. The highest BCUT2D eigenvalue weighted by Gasteiger charge is 2.14. The van der Waals surface area contributed by atoms with Gasteiger partial charge in [0.2, 0.25) is 0 Å². The van der Waals surface area contributed by atoms with E-state index in [9.17, 15) is 4.79 Å². The van der Waals surface area contributed by atoms with Crippen LogP contribution >= 0.6 is 0 Å². The summed E-state index contributed by atoms with van der Waals surface area (Å²) in [6.45, 7) is 2.54. The average Bonchev–Trinajstić information content (AvgIpc) is 2.92. The highest BCUT2D eigenvalue weighted by Crippen LogP contribution is 2.26. The Labute approximate surface area is 110 Å². The van der Waals surface area contributed by atoms with Gasteiger partial charge in [-0.1, -0.05) is 6.07 Å². The fraction of sp³-hybridized carbons (Fsp3) is 0.250. The van der Waals surface area contributed by atoms with Crippen LogP contribution in [0.2, 0.25) is 0 Å². The van der Waals surface area contributed by atoms with Crippen LogP contribution in [0.5, 0.6) is 5.75 Å². The number of ether oxygens (including phenoxy) is 1. The second-order valence-corrected chi connectivity index (χ2v) is 3.77. The molecule has 2 rings (SSSR count). The number of aromatic amines is 1. The van der Waals surface area contributed by atoms with Crippen LogP contribution in [-0.4, -0.2) is 27.7 Å². The zero-order valence-electron chi connectivity index (χ0n) is 10.5. The molecule has 2 aromatic rings. The van der Waals surface area contributed by atoms with Gasteiger partial charge in [-0.3, -0.25) is 9.89 Å². The van der Waals surface area contributed by atoms with Crippen LogP contribution in [0, 0.1) is 0 Å². The second kappa shape index (κ2) is 5.85. The molecular weight excluding hydrogens is 246 g/mol. The van der Waals surface area contributed by atoms with Crippen LogP contribution in [0.15, 0.2) is 24.5 Å². The van der Waals surface area contributed by atoms with Crippen molar-refractivity contribution in [3.8, 4) is 5.75 Å². The van der Waals surface area contributed by atoms with Gasteiger partial charge < -0.3 is 15.8 Å². The summed E-state index contributed by atoms with van der Waals surface area (Å²) in [5, 5.41) is 9.08. The largest absolute Gasteiger partial charge is 0.491 e. The van der Waals surface area contributed by atoms with E-state index in [0.29, 0.717) is 29.4 Å². The smallest absolute Gasteiger partial charge is 0.255 e. The standard InChI is InChI=1S/C12H15N5O2/c1-2-19-11-8(4-3-5-9(11)13)12(18)14-6-10-15-7-16-17-10/h3-5,7H,2,6,13H2,1H3,(H,14,18)(H,15,16,17). The molecule has 1 aromatic carbocycles. The summed E-state index contributed by atoms with van der Waals surface area (Å²) in [6.07, 6.45) is 1.38. The van der Waals surface area contributed by atoms with E-state index in [0.717, 1.165) is 0 Å². The Kier molecular flexibility index (Phi) is 3.97. The molecule has 0 radical (unpaired) electrons. The first kappa shape index (κ1) is 12.9. The monoisotopic (exact) mass is 261 g/mol. The molecule has 0 saturated carbocycles. The van der Waals surface area contributed by atoms with Crippen LogP contribution in [0.1, 0.15) is 23.1 Å². The van der Waals surface area contributed by atoms with Gasteiger partial charge in [-0.2, -0.15) is 5.10 Å². The maximum atomic E-state index is 12.1. The summed E-state index contributed by atoms with van der Waals surface area (Å²) in [6, 6.07) is 5.07. The van der Waals surface area contributed by atoms with E-state index in [1.54, 1.807) is 18.2 Å². The van der Waals surface area contributed by atoms with Gasteiger partial charge in [-0.15, -0.1) is 0 Å². The molecular formula is C12H15N5O2. The van der Waals surface area contributed by atoms with E-state index in [4.69, 9.17) is 10.5 Å². The summed E-state index contributed by atoms with van der Waals surface area (Å²) in [5.41, 5.74) is 6.65. The lowest BCUT2D eigenvalue weighted by atomic mass is 10.1. The van der Waals surface area contributed by atoms with Crippen molar-refractivity contribution >= 4 is 11.6 Å². The highest BCUT2D eigenvalue weighted by atomic mass is 16.5. The molecule has 1 heterocycles. The molecule has 1 amide bonds. The number of H-pyrrole nitrogens is 1. The number of anilines is 1. The molecule has 4 N–H and O–H groups in total. The fourth-order valence-electron chi connectivity index (χ4n) is 1.61. The van der Waals surface area contributed by atoms with Gasteiger partial charge in [0, 0.05) is 0 Å². The van der Waals surface area contributed by atoms with Crippen molar-refractivity contribution in [3.05, 3.63) is 35.9 Å². The Hall–Kier alpha value is -2.57. The molecule has 0 aliphatic heterocycles. The first-order valence-corrected chi connectivity index (χ1v) is 5.86. The van der Waals surface area contributed by atoms with Gasteiger partial charge >= 0.3 is 0 Å². The van der Waals surface area contributed by atoms with Crippen molar-refractivity contribution in [2.24, 2.45) is 0 Å². The molecule has 7 heteroatoms. The molecule has 19 heavy (non-hydrogen) atoms. The number of hydrogen-bond donors (Lipinski definition) is 3. The van der Waals surface area contributed by atoms with E-state index in [1.807, 2.05) is 6.92 Å². The van der Waals surface area contributed by atoms with Crippen LogP contribution in [-0.2, 0) is 6.54 Å². The topological polar surface area (TPSA) is 106 Å². The SMILES string of the molecule is CCOc1c(N)cccc1C(=O)NCc1ncn[nH]1. The zero-order chi connectivity index (χ0) is 13.7. The number of carbonyl (C=O) groups excluding carboxylic acids is 1. The third kappa shape index (κ3) is 3.01. The van der Waals surface area contributed by atoms with E-state index in [2.05, 4.69) is 20.5 Å². The minimum Gasteiger partial charge on any atom is -0.491 e. The lowest BCUT2D eigenvalue weighted by molar-refractivity contribution is 0.0946. The van der Waals surface area contributed by atoms with E-state index >= 15 is 0 Å². The minimum atomic E-state index is -0.271. The number of rotatable bonds is 5. The minimum absolute atomic E-state index is 0.263. The Morgan fingerprint density at radius 2 is 2.37 bits per heavy atom. The summed E-state index contributed by atoms with van der Waals surface area (Å²) >= 11 is 0. The predicted octanol–water partition coefficient (Wildman–Crippen LogP) is 0.716. The van der Waals surface area contributed by atoms with Crippen molar-refractivity contribution in [2.75, 3.05) is 12.3 Å². The van der Waals surface area contributed by atoms with Crippen LogP contribution in [0.3, 0.4) is 0 Å². The lowest BCUT2D eigenvalue weighted by Crippen LogP contribution is -2.24. The summed E-state index contributed by atoms with van der Waals surface area (Å²) in [7, 11) is 0. The molecule has 0 spiro atoms. The quantitative estimate of drug-likeness (QED) is 0.687. The second-order valence-electron chi connectivity index (χ2n) is 3.77. The third-order valence-electron chi connectivity index (χ3n) is 2.46. The Bertz CT molecular complexity index is 553.